The summed E-state index contributed by atoms with van der Waals surface area (Å²) in [5.41, 5.74) is -0.459. The minimum absolute atomic E-state index is 0.0373. The lowest BCUT2D eigenvalue weighted by atomic mass is 9.87. The van der Waals surface area contributed by atoms with Gasteiger partial charge in [-0.1, -0.05) is 0 Å². The van der Waals surface area contributed by atoms with Gasteiger partial charge in [-0.05, 0) is 33.6 Å². The van der Waals surface area contributed by atoms with Crippen LogP contribution in [0.3, 0.4) is 0 Å². The van der Waals surface area contributed by atoms with E-state index in [1.165, 1.54) is 0 Å². The van der Waals surface area contributed by atoms with Gasteiger partial charge in [-0.15, -0.1) is 0 Å². The van der Waals surface area contributed by atoms with Crippen LogP contribution >= 0.6 is 0 Å². The maximum absolute atomic E-state index is 11.5. The molecular formula is C13H25N3O3. The summed E-state index contributed by atoms with van der Waals surface area (Å²) in [6, 6.07) is 0.553. The van der Waals surface area contributed by atoms with Gasteiger partial charge in [-0.2, -0.15) is 0 Å². The van der Waals surface area contributed by atoms with Crippen molar-refractivity contribution >= 4 is 12.0 Å². The van der Waals surface area contributed by atoms with Crippen LogP contribution in [-0.4, -0.2) is 43.3 Å². The van der Waals surface area contributed by atoms with Crippen LogP contribution in [-0.2, 0) is 9.53 Å². The molecule has 3 N–H and O–H groups in total. The lowest BCUT2D eigenvalue weighted by molar-refractivity contribution is -0.120. The molecule has 1 aliphatic rings. The van der Waals surface area contributed by atoms with Crippen molar-refractivity contribution in [3.05, 3.63) is 0 Å². The number of alkyl carbamates (subject to hydrolysis) is 1. The molecular weight excluding hydrogens is 246 g/mol. The van der Waals surface area contributed by atoms with Gasteiger partial charge in [0.05, 0.1) is 0 Å². The summed E-state index contributed by atoms with van der Waals surface area (Å²) in [7, 11) is 1.63. The maximum Gasteiger partial charge on any atom is 0.407 e. The molecule has 0 unspecified atom stereocenters. The van der Waals surface area contributed by atoms with Crippen LogP contribution in [0.2, 0.25) is 0 Å². The zero-order chi connectivity index (χ0) is 14.5. The molecule has 1 saturated carbocycles. The maximum atomic E-state index is 11.5. The van der Waals surface area contributed by atoms with E-state index in [0.29, 0.717) is 19.0 Å². The average molecular weight is 271 g/mol. The number of hydrogen-bond donors (Lipinski definition) is 3. The molecule has 0 aromatic rings. The summed E-state index contributed by atoms with van der Waals surface area (Å²) in [6.07, 6.45) is 1.89. The topological polar surface area (TPSA) is 79.5 Å². The molecule has 0 bridgehead atoms. The first-order valence-electron chi connectivity index (χ1n) is 6.73. The highest BCUT2D eigenvalue weighted by atomic mass is 16.6. The third-order valence-corrected chi connectivity index (χ3v) is 2.92. The first-order valence-corrected chi connectivity index (χ1v) is 6.73. The smallest absolute Gasteiger partial charge is 0.407 e. The van der Waals surface area contributed by atoms with E-state index in [1.54, 1.807) is 7.05 Å². The van der Waals surface area contributed by atoms with Crippen LogP contribution < -0.4 is 16.0 Å². The second kappa shape index (κ2) is 6.75. The Morgan fingerprint density at radius 1 is 1.21 bits per heavy atom. The number of carbonyl (C=O) groups excluding carboxylic acids is 2. The summed E-state index contributed by atoms with van der Waals surface area (Å²) in [5.74, 6) is 0.0373. The summed E-state index contributed by atoms with van der Waals surface area (Å²) in [5, 5.41) is 8.69. The predicted molar refractivity (Wildman–Crippen MR) is 72.9 cm³/mol. The monoisotopic (exact) mass is 271 g/mol. The van der Waals surface area contributed by atoms with Crippen LogP contribution in [0.4, 0.5) is 4.79 Å². The Morgan fingerprint density at radius 2 is 1.84 bits per heavy atom. The molecule has 1 aliphatic carbocycles. The number of nitrogens with one attached hydrogen (secondary N) is 3. The molecule has 19 heavy (non-hydrogen) atoms. The Labute approximate surface area is 114 Å². The second-order valence-electron chi connectivity index (χ2n) is 5.89. The molecule has 0 spiro atoms. The molecule has 0 aromatic carbocycles. The number of ether oxygens (including phenoxy) is 1. The molecule has 6 nitrogen and oxygen atoms in total. The van der Waals surface area contributed by atoms with Gasteiger partial charge in [-0.25, -0.2) is 4.79 Å². The van der Waals surface area contributed by atoms with Gasteiger partial charge < -0.3 is 20.7 Å². The largest absolute Gasteiger partial charge is 0.444 e. The Kier molecular flexibility index (Phi) is 5.60. The van der Waals surface area contributed by atoms with E-state index in [2.05, 4.69) is 16.0 Å². The summed E-state index contributed by atoms with van der Waals surface area (Å²) in [6.45, 7) is 6.20. The van der Waals surface area contributed by atoms with Gasteiger partial charge in [0.25, 0.3) is 0 Å². The lowest BCUT2D eigenvalue weighted by Gasteiger charge is -2.36. The van der Waals surface area contributed by atoms with Crippen LogP contribution in [0.5, 0.6) is 0 Å². The minimum atomic E-state index is -0.459. The van der Waals surface area contributed by atoms with Gasteiger partial charge in [0, 0.05) is 32.1 Å². The van der Waals surface area contributed by atoms with E-state index in [4.69, 9.17) is 4.74 Å². The summed E-state index contributed by atoms with van der Waals surface area (Å²) >= 11 is 0. The molecule has 1 fully saturated rings. The zero-order valence-corrected chi connectivity index (χ0v) is 12.2. The molecule has 2 amide bonds. The first-order chi connectivity index (χ1) is 8.80. The van der Waals surface area contributed by atoms with Crippen molar-refractivity contribution in [1.82, 2.24) is 16.0 Å². The standard InChI is InChI=1S/C13H25N3O3/c1-13(2,3)19-12(18)16-10-7-9(8-10)15-6-5-11(17)14-4/h9-10,15H,5-8H2,1-4H3,(H,14,17)(H,16,18). The Bertz CT molecular complexity index is 320. The van der Waals surface area contributed by atoms with Crippen molar-refractivity contribution in [3.8, 4) is 0 Å². The molecule has 0 aromatic heterocycles. The van der Waals surface area contributed by atoms with Crippen molar-refractivity contribution in [1.29, 1.82) is 0 Å². The van der Waals surface area contributed by atoms with E-state index in [0.717, 1.165) is 12.8 Å². The van der Waals surface area contributed by atoms with Crippen molar-refractivity contribution in [2.24, 2.45) is 0 Å². The Balaban J connectivity index is 2.07. The number of rotatable bonds is 5. The summed E-state index contributed by atoms with van der Waals surface area (Å²) in [4.78, 5) is 22.5. The van der Waals surface area contributed by atoms with Crippen LogP contribution in [0, 0.1) is 0 Å². The quantitative estimate of drug-likeness (QED) is 0.690. The van der Waals surface area contributed by atoms with E-state index in [1.807, 2.05) is 20.8 Å². The van der Waals surface area contributed by atoms with E-state index >= 15 is 0 Å². The van der Waals surface area contributed by atoms with Gasteiger partial charge in [0.15, 0.2) is 0 Å². The highest BCUT2D eigenvalue weighted by Gasteiger charge is 2.31. The number of carbonyl (C=O) groups is 2. The molecule has 1 rings (SSSR count). The van der Waals surface area contributed by atoms with Gasteiger partial charge in [0.1, 0.15) is 5.60 Å². The highest BCUT2D eigenvalue weighted by Crippen LogP contribution is 2.20. The van der Waals surface area contributed by atoms with Crippen molar-refractivity contribution in [2.45, 2.75) is 57.7 Å². The fourth-order valence-electron chi connectivity index (χ4n) is 1.89. The zero-order valence-electron chi connectivity index (χ0n) is 12.2. The minimum Gasteiger partial charge on any atom is -0.444 e. The van der Waals surface area contributed by atoms with Gasteiger partial charge >= 0.3 is 6.09 Å². The fourth-order valence-corrected chi connectivity index (χ4v) is 1.89. The van der Waals surface area contributed by atoms with E-state index in [9.17, 15) is 9.59 Å². The predicted octanol–water partition coefficient (Wildman–Crippen LogP) is 0.768. The van der Waals surface area contributed by atoms with Crippen LogP contribution in [0.1, 0.15) is 40.0 Å². The van der Waals surface area contributed by atoms with Gasteiger partial charge in [0.2, 0.25) is 5.91 Å². The third kappa shape index (κ3) is 6.42. The average Bonchev–Trinajstić information content (AvgIpc) is 2.22. The third-order valence-electron chi connectivity index (χ3n) is 2.92. The lowest BCUT2D eigenvalue weighted by Crippen LogP contribution is -2.53. The molecule has 6 heteroatoms. The highest BCUT2D eigenvalue weighted by molar-refractivity contribution is 5.75. The van der Waals surface area contributed by atoms with E-state index in [-0.39, 0.29) is 18.0 Å². The van der Waals surface area contributed by atoms with Crippen molar-refractivity contribution in [2.75, 3.05) is 13.6 Å². The summed E-state index contributed by atoms with van der Waals surface area (Å²) < 4.78 is 5.18. The van der Waals surface area contributed by atoms with Crippen molar-refractivity contribution < 1.29 is 14.3 Å². The second-order valence-corrected chi connectivity index (χ2v) is 5.89. The normalized spacial score (nSPS) is 22.3. The van der Waals surface area contributed by atoms with E-state index < -0.39 is 5.60 Å². The van der Waals surface area contributed by atoms with Crippen LogP contribution in [0.15, 0.2) is 0 Å². The SMILES string of the molecule is CNC(=O)CCNC1CC(NC(=O)OC(C)(C)C)C1. The molecule has 0 radical (unpaired) electrons. The van der Waals surface area contributed by atoms with Crippen molar-refractivity contribution in [3.63, 3.8) is 0 Å². The number of hydrogen-bond acceptors (Lipinski definition) is 4. The molecule has 110 valence electrons. The molecule has 0 saturated heterocycles. The molecule has 0 atom stereocenters. The molecule has 0 aliphatic heterocycles. The van der Waals surface area contributed by atoms with Crippen LogP contribution in [0.25, 0.3) is 0 Å². The number of amides is 2. The molecule has 0 heterocycles. The van der Waals surface area contributed by atoms with Gasteiger partial charge in [-0.3, -0.25) is 4.79 Å². The Hall–Kier alpha value is -1.30. The Morgan fingerprint density at radius 3 is 2.37 bits per heavy atom. The first kappa shape index (κ1) is 15.8. The fraction of sp³-hybridized carbons (Fsp3) is 0.846.